The molecule has 0 saturated carbocycles. The van der Waals surface area contributed by atoms with Crippen molar-refractivity contribution in [3.05, 3.63) is 46.4 Å². The third-order valence-electron chi connectivity index (χ3n) is 2.95. The molecule has 5 nitrogen and oxygen atoms in total. The van der Waals surface area contributed by atoms with Crippen molar-refractivity contribution in [2.24, 2.45) is 0 Å². The Labute approximate surface area is 103 Å². The van der Waals surface area contributed by atoms with Gasteiger partial charge >= 0.3 is 0 Å². The predicted molar refractivity (Wildman–Crippen MR) is 70.1 cm³/mol. The van der Waals surface area contributed by atoms with E-state index < -0.39 is 0 Å². The molecule has 2 heterocycles. The molecular formula is C13H14N4O. The summed E-state index contributed by atoms with van der Waals surface area (Å²) in [7, 11) is 0. The second-order valence-corrected chi connectivity index (χ2v) is 4.62. The molecule has 0 bridgehead atoms. The summed E-state index contributed by atoms with van der Waals surface area (Å²) in [6.45, 7) is 4.07. The molecule has 0 aliphatic rings. The van der Waals surface area contributed by atoms with Gasteiger partial charge in [0.15, 0.2) is 0 Å². The van der Waals surface area contributed by atoms with Crippen LogP contribution < -0.4 is 5.56 Å². The number of hydrogen-bond donors (Lipinski definition) is 2. The standard InChI is InChI=1S/C13H14N4O/c1-8(2)11-7-12(18)17(16-11)13-14-9-5-3-4-6-10(9)15-13/h3-8,16H,1-2H3,(H,14,15). The molecule has 0 amide bonds. The lowest BCUT2D eigenvalue weighted by molar-refractivity contribution is 0.740. The lowest BCUT2D eigenvalue weighted by Gasteiger charge is -1.99. The fourth-order valence-electron chi connectivity index (χ4n) is 1.91. The number of nitrogens with one attached hydrogen (secondary N) is 2. The van der Waals surface area contributed by atoms with E-state index >= 15 is 0 Å². The molecule has 1 aromatic carbocycles. The lowest BCUT2D eigenvalue weighted by Crippen LogP contribution is -2.14. The summed E-state index contributed by atoms with van der Waals surface area (Å²) < 4.78 is 1.44. The van der Waals surface area contributed by atoms with Crippen molar-refractivity contribution in [1.29, 1.82) is 0 Å². The van der Waals surface area contributed by atoms with Gasteiger partial charge in [-0.15, -0.1) is 0 Å². The van der Waals surface area contributed by atoms with E-state index in [2.05, 4.69) is 15.1 Å². The van der Waals surface area contributed by atoms with Gasteiger partial charge in [-0.2, -0.15) is 4.68 Å². The van der Waals surface area contributed by atoms with Crippen molar-refractivity contribution in [3.8, 4) is 5.95 Å². The van der Waals surface area contributed by atoms with Crippen LogP contribution in [0.25, 0.3) is 17.0 Å². The highest BCUT2D eigenvalue weighted by atomic mass is 16.1. The Balaban J connectivity index is 2.17. The molecule has 0 aliphatic carbocycles. The van der Waals surface area contributed by atoms with E-state index in [0.717, 1.165) is 16.7 Å². The first-order chi connectivity index (χ1) is 8.65. The van der Waals surface area contributed by atoms with Crippen LogP contribution in [0, 0.1) is 0 Å². The van der Waals surface area contributed by atoms with Gasteiger partial charge in [-0.1, -0.05) is 26.0 Å². The predicted octanol–water partition coefficient (Wildman–Crippen LogP) is 2.17. The second-order valence-electron chi connectivity index (χ2n) is 4.62. The SMILES string of the molecule is CC(C)c1cc(=O)n(-c2nc3ccccc3[nH]2)[nH]1. The molecule has 3 aromatic rings. The molecule has 18 heavy (non-hydrogen) atoms. The molecule has 2 aromatic heterocycles. The number of H-pyrrole nitrogens is 2. The minimum Gasteiger partial charge on any atom is -0.322 e. The van der Waals surface area contributed by atoms with Gasteiger partial charge in [0.1, 0.15) is 0 Å². The highest BCUT2D eigenvalue weighted by Gasteiger charge is 2.10. The van der Waals surface area contributed by atoms with Crippen molar-refractivity contribution in [3.63, 3.8) is 0 Å². The fourth-order valence-corrected chi connectivity index (χ4v) is 1.91. The Kier molecular flexibility index (Phi) is 2.33. The summed E-state index contributed by atoms with van der Waals surface area (Å²) in [5, 5.41) is 3.07. The quantitative estimate of drug-likeness (QED) is 0.723. The summed E-state index contributed by atoms with van der Waals surface area (Å²) in [5.41, 5.74) is 2.57. The molecule has 3 rings (SSSR count). The summed E-state index contributed by atoms with van der Waals surface area (Å²) in [6.07, 6.45) is 0. The number of aromatic amines is 2. The van der Waals surface area contributed by atoms with Crippen molar-refractivity contribution in [1.82, 2.24) is 19.7 Å². The van der Waals surface area contributed by atoms with E-state index in [1.54, 1.807) is 6.07 Å². The zero-order valence-electron chi connectivity index (χ0n) is 10.3. The smallest absolute Gasteiger partial charge is 0.274 e. The van der Waals surface area contributed by atoms with Crippen LogP contribution in [0.15, 0.2) is 35.1 Å². The molecule has 0 radical (unpaired) electrons. The topological polar surface area (TPSA) is 66.5 Å². The summed E-state index contributed by atoms with van der Waals surface area (Å²) in [6, 6.07) is 9.30. The molecule has 0 spiro atoms. The third-order valence-corrected chi connectivity index (χ3v) is 2.95. The number of benzene rings is 1. The zero-order valence-corrected chi connectivity index (χ0v) is 10.3. The molecule has 2 N–H and O–H groups in total. The van der Waals surface area contributed by atoms with Gasteiger partial charge in [-0.3, -0.25) is 9.89 Å². The maximum absolute atomic E-state index is 11.9. The maximum atomic E-state index is 11.9. The van der Waals surface area contributed by atoms with Crippen LogP contribution in [0.1, 0.15) is 25.5 Å². The highest BCUT2D eigenvalue weighted by Crippen LogP contribution is 2.13. The molecule has 5 heteroatoms. The first kappa shape index (κ1) is 10.8. The Morgan fingerprint density at radius 3 is 2.72 bits per heavy atom. The normalized spacial score (nSPS) is 11.5. The van der Waals surface area contributed by atoms with Crippen LogP contribution in [0.5, 0.6) is 0 Å². The average molecular weight is 242 g/mol. The Morgan fingerprint density at radius 1 is 1.28 bits per heavy atom. The molecule has 0 saturated heterocycles. The van der Waals surface area contributed by atoms with Crippen molar-refractivity contribution in [2.75, 3.05) is 0 Å². The fraction of sp³-hybridized carbons (Fsp3) is 0.231. The number of fused-ring (bicyclic) bond motifs is 1. The first-order valence-corrected chi connectivity index (χ1v) is 5.92. The Hall–Kier alpha value is -2.30. The minimum absolute atomic E-state index is 0.0993. The van der Waals surface area contributed by atoms with Crippen molar-refractivity contribution >= 4 is 11.0 Å². The van der Waals surface area contributed by atoms with E-state index in [9.17, 15) is 4.79 Å². The number of aromatic nitrogens is 4. The largest absolute Gasteiger partial charge is 0.322 e. The van der Waals surface area contributed by atoms with Gasteiger partial charge in [0, 0.05) is 11.8 Å². The summed E-state index contributed by atoms with van der Waals surface area (Å²) in [5.74, 6) is 0.802. The minimum atomic E-state index is -0.0993. The average Bonchev–Trinajstić information content (AvgIpc) is 2.91. The van der Waals surface area contributed by atoms with Crippen molar-refractivity contribution < 1.29 is 0 Å². The molecule has 0 fully saturated rings. The van der Waals surface area contributed by atoms with E-state index in [1.807, 2.05) is 38.1 Å². The van der Waals surface area contributed by atoms with Crippen molar-refractivity contribution in [2.45, 2.75) is 19.8 Å². The number of rotatable bonds is 2. The van der Waals surface area contributed by atoms with Crippen LogP contribution in [-0.4, -0.2) is 19.7 Å². The van der Waals surface area contributed by atoms with E-state index in [4.69, 9.17) is 0 Å². The number of nitrogens with zero attached hydrogens (tertiary/aromatic N) is 2. The van der Waals surface area contributed by atoms with Gasteiger partial charge in [0.25, 0.3) is 5.56 Å². The first-order valence-electron chi connectivity index (χ1n) is 5.92. The summed E-state index contributed by atoms with van der Waals surface area (Å²) in [4.78, 5) is 19.4. The van der Waals surface area contributed by atoms with Crippen LogP contribution in [0.2, 0.25) is 0 Å². The molecular weight excluding hydrogens is 228 g/mol. The molecule has 0 aliphatic heterocycles. The van der Waals surface area contributed by atoms with Crippen LogP contribution in [0.3, 0.4) is 0 Å². The molecule has 0 unspecified atom stereocenters. The van der Waals surface area contributed by atoms with Gasteiger partial charge in [0.2, 0.25) is 5.95 Å². The van der Waals surface area contributed by atoms with Gasteiger partial charge < -0.3 is 4.98 Å². The number of imidazole rings is 1. The van der Waals surface area contributed by atoms with E-state index in [-0.39, 0.29) is 11.5 Å². The monoisotopic (exact) mass is 242 g/mol. The summed E-state index contributed by atoms with van der Waals surface area (Å²) >= 11 is 0. The third kappa shape index (κ3) is 1.64. The van der Waals surface area contributed by atoms with Crippen LogP contribution >= 0.6 is 0 Å². The van der Waals surface area contributed by atoms with Gasteiger partial charge in [-0.25, -0.2) is 4.98 Å². The van der Waals surface area contributed by atoms with E-state index in [1.165, 1.54) is 4.68 Å². The van der Waals surface area contributed by atoms with Crippen LogP contribution in [-0.2, 0) is 0 Å². The molecule has 0 atom stereocenters. The maximum Gasteiger partial charge on any atom is 0.274 e. The Bertz CT molecular complexity index is 715. The number of para-hydroxylation sites is 2. The van der Waals surface area contributed by atoms with Crippen LogP contribution in [0.4, 0.5) is 0 Å². The second kappa shape index (κ2) is 3.87. The Morgan fingerprint density at radius 2 is 2.06 bits per heavy atom. The molecule has 92 valence electrons. The number of hydrogen-bond acceptors (Lipinski definition) is 2. The van der Waals surface area contributed by atoms with Gasteiger partial charge in [0.05, 0.1) is 11.0 Å². The van der Waals surface area contributed by atoms with E-state index in [0.29, 0.717) is 5.95 Å². The van der Waals surface area contributed by atoms with Gasteiger partial charge in [-0.05, 0) is 18.1 Å². The lowest BCUT2D eigenvalue weighted by atomic mass is 10.1. The zero-order chi connectivity index (χ0) is 12.7. The highest BCUT2D eigenvalue weighted by molar-refractivity contribution is 5.75.